The van der Waals surface area contributed by atoms with Crippen molar-refractivity contribution in [3.63, 3.8) is 0 Å². The minimum absolute atomic E-state index is 0.111. The van der Waals surface area contributed by atoms with Gasteiger partial charge in [0.15, 0.2) is 0 Å². The first kappa shape index (κ1) is 11.6. The summed E-state index contributed by atoms with van der Waals surface area (Å²) in [6, 6.07) is 4.96. The van der Waals surface area contributed by atoms with E-state index in [9.17, 15) is 9.50 Å². The fourth-order valence-corrected chi connectivity index (χ4v) is 2.71. The predicted octanol–water partition coefficient (Wildman–Crippen LogP) is 1.59. The van der Waals surface area contributed by atoms with E-state index in [-0.39, 0.29) is 12.4 Å². The van der Waals surface area contributed by atoms with E-state index in [0.717, 1.165) is 31.4 Å². The Morgan fingerprint density at radius 2 is 2.17 bits per heavy atom. The highest BCUT2D eigenvalue weighted by Crippen LogP contribution is 2.27. The van der Waals surface area contributed by atoms with Crippen molar-refractivity contribution in [3.8, 4) is 0 Å². The van der Waals surface area contributed by atoms with Gasteiger partial charge in [-0.15, -0.1) is 0 Å². The van der Waals surface area contributed by atoms with Gasteiger partial charge in [-0.05, 0) is 38.1 Å². The van der Waals surface area contributed by atoms with Crippen molar-refractivity contribution in [3.05, 3.63) is 29.8 Å². The van der Waals surface area contributed by atoms with Gasteiger partial charge in [-0.25, -0.2) is 9.37 Å². The molecule has 0 atom stereocenters. The van der Waals surface area contributed by atoms with Crippen LogP contribution in [0.1, 0.15) is 24.7 Å². The number of hydrogen-bond acceptors (Lipinski definition) is 3. The lowest BCUT2D eigenvalue weighted by atomic mass is 10.1. The van der Waals surface area contributed by atoms with E-state index in [2.05, 4.69) is 14.9 Å². The molecule has 1 aliphatic rings. The Morgan fingerprint density at radius 1 is 1.39 bits per heavy atom. The van der Waals surface area contributed by atoms with Crippen LogP contribution < -0.4 is 5.32 Å². The van der Waals surface area contributed by atoms with Crippen LogP contribution in [-0.4, -0.2) is 27.7 Å². The van der Waals surface area contributed by atoms with Crippen LogP contribution in [0.2, 0.25) is 0 Å². The standard InChI is InChI=1S/C13H16FN3O/c14-9-1-2-12-11(7-9)16-13(8-18)17(12)10-3-5-15-6-4-10/h1-2,7,10,15,18H,3-6,8H2. The van der Waals surface area contributed by atoms with Gasteiger partial charge in [0.2, 0.25) is 0 Å². The van der Waals surface area contributed by atoms with Crippen molar-refractivity contribution in [1.29, 1.82) is 0 Å². The number of aliphatic hydroxyl groups excluding tert-OH is 1. The summed E-state index contributed by atoms with van der Waals surface area (Å²) in [4.78, 5) is 4.32. The molecule has 0 amide bonds. The molecule has 2 heterocycles. The van der Waals surface area contributed by atoms with Gasteiger partial charge in [-0.3, -0.25) is 0 Å². The maximum absolute atomic E-state index is 13.2. The third-order valence-electron chi connectivity index (χ3n) is 3.54. The molecule has 4 nitrogen and oxygen atoms in total. The van der Waals surface area contributed by atoms with Gasteiger partial charge in [0.25, 0.3) is 0 Å². The average Bonchev–Trinajstić information content (AvgIpc) is 2.77. The van der Waals surface area contributed by atoms with Crippen LogP contribution in [0, 0.1) is 5.82 Å². The molecule has 96 valence electrons. The van der Waals surface area contributed by atoms with Gasteiger partial charge in [0.05, 0.1) is 11.0 Å². The molecule has 1 saturated heterocycles. The summed E-state index contributed by atoms with van der Waals surface area (Å²) in [5.41, 5.74) is 1.53. The Morgan fingerprint density at radius 3 is 2.89 bits per heavy atom. The number of imidazole rings is 1. The quantitative estimate of drug-likeness (QED) is 0.849. The number of nitrogens with one attached hydrogen (secondary N) is 1. The molecule has 0 spiro atoms. The van der Waals surface area contributed by atoms with Gasteiger partial charge >= 0.3 is 0 Å². The summed E-state index contributed by atoms with van der Waals surface area (Å²) in [5, 5.41) is 12.7. The third-order valence-corrected chi connectivity index (χ3v) is 3.54. The van der Waals surface area contributed by atoms with Crippen molar-refractivity contribution in [2.75, 3.05) is 13.1 Å². The van der Waals surface area contributed by atoms with Gasteiger partial charge < -0.3 is 15.0 Å². The van der Waals surface area contributed by atoms with Gasteiger partial charge in [0, 0.05) is 12.1 Å². The molecule has 1 aromatic carbocycles. The van der Waals surface area contributed by atoms with Crippen molar-refractivity contribution in [2.24, 2.45) is 0 Å². The maximum Gasteiger partial charge on any atom is 0.135 e. The summed E-state index contributed by atoms with van der Waals surface area (Å²) in [6.07, 6.45) is 2.02. The van der Waals surface area contributed by atoms with Crippen LogP contribution in [0.4, 0.5) is 4.39 Å². The maximum atomic E-state index is 13.2. The van der Waals surface area contributed by atoms with Crippen LogP contribution >= 0.6 is 0 Å². The normalized spacial score (nSPS) is 17.4. The van der Waals surface area contributed by atoms with E-state index in [1.165, 1.54) is 12.1 Å². The third kappa shape index (κ3) is 1.89. The molecule has 2 N–H and O–H groups in total. The van der Waals surface area contributed by atoms with Crippen molar-refractivity contribution in [1.82, 2.24) is 14.9 Å². The Kier molecular flexibility index (Phi) is 3.01. The topological polar surface area (TPSA) is 50.1 Å². The van der Waals surface area contributed by atoms with E-state index in [4.69, 9.17) is 0 Å². The lowest BCUT2D eigenvalue weighted by Gasteiger charge is -2.26. The van der Waals surface area contributed by atoms with Crippen LogP contribution in [0.15, 0.2) is 18.2 Å². The predicted molar refractivity (Wildman–Crippen MR) is 66.8 cm³/mol. The number of fused-ring (bicyclic) bond motifs is 1. The largest absolute Gasteiger partial charge is 0.388 e. The summed E-state index contributed by atoms with van der Waals surface area (Å²) in [6.45, 7) is 1.83. The highest BCUT2D eigenvalue weighted by molar-refractivity contribution is 5.76. The van der Waals surface area contributed by atoms with E-state index in [0.29, 0.717) is 17.4 Å². The number of rotatable bonds is 2. The van der Waals surface area contributed by atoms with Gasteiger partial charge in [-0.1, -0.05) is 0 Å². The minimum Gasteiger partial charge on any atom is -0.388 e. The Bertz CT molecular complexity index is 561. The molecule has 0 unspecified atom stereocenters. The summed E-state index contributed by atoms with van der Waals surface area (Å²) in [7, 11) is 0. The number of aliphatic hydroxyl groups is 1. The molecular formula is C13H16FN3O. The average molecular weight is 249 g/mol. The summed E-state index contributed by atoms with van der Waals surface area (Å²) >= 11 is 0. The molecule has 0 aliphatic carbocycles. The fraction of sp³-hybridized carbons (Fsp3) is 0.462. The van der Waals surface area contributed by atoms with Crippen LogP contribution in [0.25, 0.3) is 11.0 Å². The van der Waals surface area contributed by atoms with E-state index in [1.807, 2.05) is 0 Å². The molecule has 5 heteroatoms. The molecule has 2 aromatic rings. The van der Waals surface area contributed by atoms with Crippen LogP contribution in [0.3, 0.4) is 0 Å². The fourth-order valence-electron chi connectivity index (χ4n) is 2.71. The number of piperidine rings is 1. The monoisotopic (exact) mass is 249 g/mol. The Labute approximate surface area is 104 Å². The first-order chi connectivity index (χ1) is 8.79. The second kappa shape index (κ2) is 4.66. The Balaban J connectivity index is 2.12. The first-order valence-electron chi connectivity index (χ1n) is 6.27. The highest BCUT2D eigenvalue weighted by atomic mass is 19.1. The number of halogens is 1. The summed E-state index contributed by atoms with van der Waals surface area (Å²) < 4.78 is 15.3. The SMILES string of the molecule is OCc1nc2cc(F)ccc2n1C1CCNCC1. The lowest BCUT2D eigenvalue weighted by Crippen LogP contribution is -2.30. The second-order valence-corrected chi connectivity index (χ2v) is 4.67. The van der Waals surface area contributed by atoms with E-state index < -0.39 is 0 Å². The zero-order chi connectivity index (χ0) is 12.5. The molecule has 3 rings (SSSR count). The zero-order valence-corrected chi connectivity index (χ0v) is 10.1. The van der Waals surface area contributed by atoms with Gasteiger partial charge in [-0.2, -0.15) is 0 Å². The second-order valence-electron chi connectivity index (χ2n) is 4.67. The molecule has 0 bridgehead atoms. The summed E-state index contributed by atoms with van der Waals surface area (Å²) in [5.74, 6) is 0.337. The molecule has 0 radical (unpaired) electrons. The van der Waals surface area contributed by atoms with Crippen molar-refractivity contribution in [2.45, 2.75) is 25.5 Å². The highest BCUT2D eigenvalue weighted by Gasteiger charge is 2.20. The van der Waals surface area contributed by atoms with Crippen molar-refractivity contribution >= 4 is 11.0 Å². The lowest BCUT2D eigenvalue weighted by molar-refractivity contribution is 0.255. The van der Waals surface area contributed by atoms with Crippen molar-refractivity contribution < 1.29 is 9.50 Å². The van der Waals surface area contributed by atoms with Crippen LogP contribution in [0.5, 0.6) is 0 Å². The smallest absolute Gasteiger partial charge is 0.135 e. The number of hydrogen-bond donors (Lipinski definition) is 2. The number of benzene rings is 1. The van der Waals surface area contributed by atoms with Gasteiger partial charge in [0.1, 0.15) is 18.2 Å². The van der Waals surface area contributed by atoms with Crippen LogP contribution in [-0.2, 0) is 6.61 Å². The van der Waals surface area contributed by atoms with E-state index in [1.54, 1.807) is 6.07 Å². The Hall–Kier alpha value is -1.46. The van der Waals surface area contributed by atoms with E-state index >= 15 is 0 Å². The molecule has 1 aromatic heterocycles. The number of nitrogens with zero attached hydrogens (tertiary/aromatic N) is 2. The molecular weight excluding hydrogens is 233 g/mol. The molecule has 1 fully saturated rings. The molecule has 18 heavy (non-hydrogen) atoms. The zero-order valence-electron chi connectivity index (χ0n) is 10.1. The first-order valence-corrected chi connectivity index (χ1v) is 6.27. The minimum atomic E-state index is -0.290. The molecule has 0 saturated carbocycles. The molecule has 1 aliphatic heterocycles. The number of aromatic nitrogens is 2.